The first-order valence-electron chi connectivity index (χ1n) is 8.61. The third-order valence-corrected chi connectivity index (χ3v) is 6.06. The number of sulfonamides is 1. The van der Waals surface area contributed by atoms with E-state index in [1.54, 1.807) is 0 Å². The first-order chi connectivity index (χ1) is 11.9. The average molecular weight is 363 g/mol. The van der Waals surface area contributed by atoms with Gasteiger partial charge in [0.1, 0.15) is 0 Å². The first kappa shape index (κ1) is 18.1. The van der Waals surface area contributed by atoms with E-state index in [2.05, 4.69) is 29.2 Å². The zero-order valence-electron chi connectivity index (χ0n) is 14.5. The van der Waals surface area contributed by atoms with Crippen molar-refractivity contribution in [1.29, 1.82) is 0 Å². The fraction of sp³-hybridized carbons (Fsp3) is 0.500. The van der Waals surface area contributed by atoms with Crippen LogP contribution < -0.4 is 0 Å². The molecule has 136 valence electrons. The number of benzene rings is 1. The molecule has 0 bridgehead atoms. The molecule has 2 heterocycles. The van der Waals surface area contributed by atoms with Crippen molar-refractivity contribution in [2.45, 2.75) is 0 Å². The molecule has 0 saturated carbocycles. The summed E-state index contributed by atoms with van der Waals surface area (Å²) in [7, 11) is -3.16. The van der Waals surface area contributed by atoms with Crippen molar-refractivity contribution in [1.82, 2.24) is 14.1 Å². The number of nitrogens with zero attached hydrogens (tertiary/aromatic N) is 3. The van der Waals surface area contributed by atoms with E-state index in [-0.39, 0.29) is 11.8 Å². The quantitative estimate of drug-likeness (QED) is 0.774. The molecule has 2 fully saturated rings. The molecule has 2 saturated heterocycles. The molecule has 0 aromatic heterocycles. The maximum absolute atomic E-state index is 12.4. The van der Waals surface area contributed by atoms with Gasteiger partial charge in [-0.3, -0.25) is 9.69 Å². The summed E-state index contributed by atoms with van der Waals surface area (Å²) in [5.74, 6) is -0.0707. The Kier molecular flexibility index (Phi) is 5.56. The summed E-state index contributed by atoms with van der Waals surface area (Å²) in [6.07, 6.45) is 5.46. The molecule has 1 amide bonds. The Bertz CT molecular complexity index is 719. The molecule has 25 heavy (non-hydrogen) atoms. The van der Waals surface area contributed by atoms with Gasteiger partial charge in [-0.05, 0) is 5.56 Å². The van der Waals surface area contributed by atoms with Gasteiger partial charge in [0.2, 0.25) is 15.9 Å². The van der Waals surface area contributed by atoms with E-state index < -0.39 is 10.0 Å². The molecule has 7 heteroatoms. The number of piperazine rings is 1. The van der Waals surface area contributed by atoms with Gasteiger partial charge in [0, 0.05) is 45.8 Å². The second-order valence-electron chi connectivity index (χ2n) is 6.72. The second kappa shape index (κ2) is 7.68. The molecule has 3 rings (SSSR count). The molecule has 0 N–H and O–H groups in total. The molecule has 2 aliphatic heterocycles. The number of hydrogen-bond acceptors (Lipinski definition) is 4. The largest absolute Gasteiger partial charge is 0.340 e. The molecule has 6 nitrogen and oxygen atoms in total. The fourth-order valence-corrected chi connectivity index (χ4v) is 4.08. The lowest BCUT2D eigenvalue weighted by molar-refractivity contribution is -0.140. The number of hydrogen-bond donors (Lipinski definition) is 0. The van der Waals surface area contributed by atoms with Crippen LogP contribution >= 0.6 is 0 Å². The van der Waals surface area contributed by atoms with E-state index in [9.17, 15) is 13.2 Å². The van der Waals surface area contributed by atoms with E-state index in [1.165, 1.54) is 16.1 Å². The zero-order valence-corrected chi connectivity index (χ0v) is 15.4. The number of amides is 1. The third kappa shape index (κ3) is 4.68. The maximum atomic E-state index is 12.4. The Hall–Kier alpha value is -1.70. The van der Waals surface area contributed by atoms with Crippen LogP contribution in [0.1, 0.15) is 5.56 Å². The summed E-state index contributed by atoms with van der Waals surface area (Å²) in [5, 5.41) is 0. The Morgan fingerprint density at radius 2 is 1.76 bits per heavy atom. The fourth-order valence-electron chi connectivity index (χ4n) is 3.18. The average Bonchev–Trinajstić information content (AvgIpc) is 2.54. The summed E-state index contributed by atoms with van der Waals surface area (Å²) in [4.78, 5) is 16.6. The minimum Gasteiger partial charge on any atom is -0.340 e. The Morgan fingerprint density at radius 3 is 2.36 bits per heavy atom. The molecule has 0 atom stereocenters. The maximum Gasteiger partial charge on any atom is 0.228 e. The summed E-state index contributed by atoms with van der Waals surface area (Å²) in [6, 6.07) is 10.2. The van der Waals surface area contributed by atoms with Gasteiger partial charge in [0.05, 0.1) is 12.2 Å². The molecule has 1 aromatic carbocycles. The smallest absolute Gasteiger partial charge is 0.228 e. The number of carbonyl (C=O) groups excluding carboxylic acids is 1. The molecule has 0 unspecified atom stereocenters. The predicted octanol–water partition coefficient (Wildman–Crippen LogP) is 0.735. The first-order valence-corrected chi connectivity index (χ1v) is 10.5. The lowest BCUT2D eigenvalue weighted by Gasteiger charge is -2.41. The molecule has 0 radical (unpaired) electrons. The lowest BCUT2D eigenvalue weighted by atomic mass is 10.0. The number of carbonyl (C=O) groups is 1. The highest BCUT2D eigenvalue weighted by Crippen LogP contribution is 2.21. The predicted molar refractivity (Wildman–Crippen MR) is 98.4 cm³/mol. The Morgan fingerprint density at radius 1 is 1.12 bits per heavy atom. The van der Waals surface area contributed by atoms with Crippen molar-refractivity contribution in [3.8, 4) is 0 Å². The third-order valence-electron chi connectivity index (χ3n) is 4.82. The van der Waals surface area contributed by atoms with E-state index in [4.69, 9.17) is 0 Å². The standard InChI is InChI=1S/C18H25N3O3S/c1-25(23,24)21-14-17(15-21)18(22)20-12-10-19(11-13-20)9-5-8-16-6-3-2-4-7-16/h2-8,17H,9-15H2,1H3/b8-5+. The van der Waals surface area contributed by atoms with Crippen molar-refractivity contribution in [2.75, 3.05) is 52.1 Å². The van der Waals surface area contributed by atoms with Crippen LogP contribution in [-0.2, 0) is 14.8 Å². The van der Waals surface area contributed by atoms with Crippen molar-refractivity contribution in [3.05, 3.63) is 42.0 Å². The van der Waals surface area contributed by atoms with Crippen LogP contribution in [0.15, 0.2) is 36.4 Å². The van der Waals surface area contributed by atoms with E-state index in [0.717, 1.165) is 19.6 Å². The highest BCUT2D eigenvalue weighted by Gasteiger charge is 2.40. The van der Waals surface area contributed by atoms with Crippen molar-refractivity contribution in [2.24, 2.45) is 5.92 Å². The van der Waals surface area contributed by atoms with Crippen LogP contribution in [0.2, 0.25) is 0 Å². The highest BCUT2D eigenvalue weighted by atomic mass is 32.2. The number of rotatable bonds is 5. The van der Waals surface area contributed by atoms with Crippen molar-refractivity contribution >= 4 is 22.0 Å². The molecule has 2 aliphatic rings. The van der Waals surface area contributed by atoms with E-state index >= 15 is 0 Å². The Labute approximate surface area is 149 Å². The molecular formula is C18H25N3O3S. The van der Waals surface area contributed by atoms with Gasteiger partial charge in [-0.1, -0.05) is 42.5 Å². The van der Waals surface area contributed by atoms with Crippen molar-refractivity contribution < 1.29 is 13.2 Å². The molecule has 1 aromatic rings. The van der Waals surface area contributed by atoms with Crippen molar-refractivity contribution in [3.63, 3.8) is 0 Å². The topological polar surface area (TPSA) is 60.9 Å². The van der Waals surface area contributed by atoms with Crippen LogP contribution in [0, 0.1) is 5.92 Å². The zero-order chi connectivity index (χ0) is 17.9. The van der Waals surface area contributed by atoms with Crippen LogP contribution in [0.5, 0.6) is 0 Å². The highest BCUT2D eigenvalue weighted by molar-refractivity contribution is 7.88. The van der Waals surface area contributed by atoms with Crippen LogP contribution in [0.3, 0.4) is 0 Å². The summed E-state index contributed by atoms with van der Waals surface area (Å²) >= 11 is 0. The van der Waals surface area contributed by atoms with Gasteiger partial charge in [-0.2, -0.15) is 0 Å². The lowest BCUT2D eigenvalue weighted by Crippen LogP contribution is -2.58. The van der Waals surface area contributed by atoms with Crippen LogP contribution in [0.4, 0.5) is 0 Å². The van der Waals surface area contributed by atoms with Gasteiger partial charge in [-0.15, -0.1) is 0 Å². The SMILES string of the molecule is CS(=O)(=O)N1CC(C(=O)N2CCN(C/C=C/c3ccccc3)CC2)C1. The van der Waals surface area contributed by atoms with Gasteiger partial charge in [0.25, 0.3) is 0 Å². The summed E-state index contributed by atoms with van der Waals surface area (Å²) in [6.45, 7) is 4.68. The van der Waals surface area contributed by atoms with E-state index in [0.29, 0.717) is 26.2 Å². The second-order valence-corrected chi connectivity index (χ2v) is 8.70. The van der Waals surface area contributed by atoms with Crippen LogP contribution in [0.25, 0.3) is 6.08 Å². The van der Waals surface area contributed by atoms with Gasteiger partial charge in [0.15, 0.2) is 0 Å². The molecule has 0 aliphatic carbocycles. The summed E-state index contributed by atoms with van der Waals surface area (Å²) < 4.78 is 24.1. The van der Waals surface area contributed by atoms with Gasteiger partial charge in [-0.25, -0.2) is 12.7 Å². The van der Waals surface area contributed by atoms with Gasteiger partial charge < -0.3 is 4.90 Å². The van der Waals surface area contributed by atoms with E-state index in [1.807, 2.05) is 23.1 Å². The summed E-state index contributed by atoms with van der Waals surface area (Å²) in [5.41, 5.74) is 1.19. The molecular weight excluding hydrogens is 338 g/mol. The Balaban J connectivity index is 1.40. The minimum absolute atomic E-state index is 0.0966. The minimum atomic E-state index is -3.16. The molecule has 0 spiro atoms. The van der Waals surface area contributed by atoms with Crippen LogP contribution in [-0.4, -0.2) is 80.5 Å². The van der Waals surface area contributed by atoms with Gasteiger partial charge >= 0.3 is 0 Å². The monoisotopic (exact) mass is 363 g/mol. The normalized spacial score (nSPS) is 20.8.